The molecule has 1 aromatic rings. The summed E-state index contributed by atoms with van der Waals surface area (Å²) in [7, 11) is 3.43. The third-order valence-electron chi connectivity index (χ3n) is 6.44. The topological polar surface area (TPSA) is 96.8 Å². The van der Waals surface area contributed by atoms with Gasteiger partial charge in [0.25, 0.3) is 0 Å². The number of nitriles is 1. The van der Waals surface area contributed by atoms with E-state index in [2.05, 4.69) is 10.2 Å². The summed E-state index contributed by atoms with van der Waals surface area (Å²) >= 11 is 0. The third-order valence-corrected chi connectivity index (χ3v) is 6.44. The number of nitrogens with zero attached hydrogens (tertiary/aromatic N) is 4. The maximum absolute atomic E-state index is 14.4. The first kappa shape index (κ1) is 28.2. The Bertz CT molecular complexity index is 879. The highest BCUT2D eigenvalue weighted by atomic mass is 19.1. The zero-order valence-corrected chi connectivity index (χ0v) is 21.2. The van der Waals surface area contributed by atoms with E-state index >= 15 is 0 Å². The number of likely N-dealkylation sites (N-methyl/N-ethyl adjacent to an activating group) is 1. The zero-order valence-electron chi connectivity index (χ0n) is 21.2. The molecule has 192 valence electrons. The van der Waals surface area contributed by atoms with E-state index in [1.165, 1.54) is 30.7 Å². The van der Waals surface area contributed by atoms with Crippen LogP contribution >= 0.6 is 0 Å². The van der Waals surface area contributed by atoms with Crippen molar-refractivity contribution in [2.45, 2.75) is 57.3 Å². The highest BCUT2D eigenvalue weighted by Gasteiger charge is 2.42. The summed E-state index contributed by atoms with van der Waals surface area (Å²) < 4.78 is 14.4. The molecule has 0 spiro atoms. The normalized spacial score (nSPS) is 20.5. The number of aldehydes is 1. The van der Waals surface area contributed by atoms with Crippen LogP contribution in [-0.2, 0) is 14.4 Å². The molecule has 3 rings (SSSR count). The number of carbonyl (C=O) groups is 3. The molecule has 1 N–H and O–H groups in total. The fourth-order valence-electron chi connectivity index (χ4n) is 4.19. The summed E-state index contributed by atoms with van der Waals surface area (Å²) in [6.45, 7) is 5.45. The average molecular weight is 488 g/mol. The first-order valence-corrected chi connectivity index (χ1v) is 12.1. The molecule has 0 bridgehead atoms. The van der Waals surface area contributed by atoms with Crippen molar-refractivity contribution in [3.05, 3.63) is 30.3 Å². The molecule has 9 heteroatoms. The second kappa shape index (κ2) is 13.2. The Balaban J connectivity index is 0.000000456. The molecule has 2 fully saturated rings. The third kappa shape index (κ3) is 8.62. The van der Waals surface area contributed by atoms with Crippen LogP contribution in [0.25, 0.3) is 0 Å². The largest absolute Gasteiger partial charge is 0.388 e. The van der Waals surface area contributed by atoms with Crippen molar-refractivity contribution in [1.82, 2.24) is 14.7 Å². The number of hydrogen-bond acceptors (Lipinski definition) is 6. The van der Waals surface area contributed by atoms with Gasteiger partial charge in [0, 0.05) is 51.6 Å². The number of para-hydroxylation sites is 1. The highest BCUT2D eigenvalue weighted by molar-refractivity contribution is 5.88. The van der Waals surface area contributed by atoms with Gasteiger partial charge in [-0.1, -0.05) is 18.2 Å². The predicted octanol–water partition coefficient (Wildman–Crippen LogP) is 2.72. The predicted molar refractivity (Wildman–Crippen MR) is 133 cm³/mol. The zero-order chi connectivity index (χ0) is 26.0. The van der Waals surface area contributed by atoms with Crippen LogP contribution in [-0.4, -0.2) is 90.8 Å². The molecular weight excluding hydrogens is 449 g/mol. The van der Waals surface area contributed by atoms with Gasteiger partial charge in [-0.25, -0.2) is 4.39 Å². The molecule has 3 atom stereocenters. The van der Waals surface area contributed by atoms with E-state index in [1.807, 2.05) is 43.4 Å². The van der Waals surface area contributed by atoms with Gasteiger partial charge in [-0.05, 0) is 51.9 Å². The van der Waals surface area contributed by atoms with Gasteiger partial charge in [0.1, 0.15) is 24.0 Å². The SMILES string of the molecule is CN(C(=O)CCN1CCC1)C(CC(C)(C)F)C(=O)N1CC(C=O)CC1C#N.CNc1ccccc1. The van der Waals surface area contributed by atoms with Crippen LogP contribution in [0, 0.1) is 17.2 Å². The van der Waals surface area contributed by atoms with Crippen LogP contribution in [0.3, 0.4) is 0 Å². The van der Waals surface area contributed by atoms with Gasteiger partial charge >= 0.3 is 0 Å². The fraction of sp³-hybridized carbons (Fsp3) is 0.615. The lowest BCUT2D eigenvalue weighted by Crippen LogP contribution is -2.53. The minimum atomic E-state index is -1.65. The summed E-state index contributed by atoms with van der Waals surface area (Å²) in [5, 5.41) is 12.3. The molecule has 2 amide bonds. The van der Waals surface area contributed by atoms with E-state index in [0.29, 0.717) is 6.54 Å². The first-order valence-electron chi connectivity index (χ1n) is 12.1. The van der Waals surface area contributed by atoms with E-state index in [9.17, 15) is 24.0 Å². The van der Waals surface area contributed by atoms with Gasteiger partial charge in [0.15, 0.2) is 0 Å². The van der Waals surface area contributed by atoms with E-state index in [0.717, 1.165) is 31.5 Å². The van der Waals surface area contributed by atoms with Gasteiger partial charge in [-0.2, -0.15) is 5.26 Å². The quantitative estimate of drug-likeness (QED) is 0.538. The monoisotopic (exact) mass is 487 g/mol. The van der Waals surface area contributed by atoms with Crippen LogP contribution in [0.2, 0.25) is 0 Å². The van der Waals surface area contributed by atoms with Gasteiger partial charge < -0.3 is 24.8 Å². The molecule has 3 unspecified atom stereocenters. The van der Waals surface area contributed by atoms with Crippen molar-refractivity contribution in [2.75, 3.05) is 45.6 Å². The van der Waals surface area contributed by atoms with Gasteiger partial charge in [-0.15, -0.1) is 0 Å². The van der Waals surface area contributed by atoms with Gasteiger partial charge in [0.05, 0.1) is 6.07 Å². The van der Waals surface area contributed by atoms with Gasteiger partial charge in [-0.3, -0.25) is 9.59 Å². The minimum Gasteiger partial charge on any atom is -0.388 e. The molecule has 0 saturated carbocycles. The number of anilines is 1. The van der Waals surface area contributed by atoms with Crippen molar-refractivity contribution in [1.29, 1.82) is 5.26 Å². The molecule has 0 aliphatic carbocycles. The van der Waals surface area contributed by atoms with Crippen LogP contribution in [0.1, 0.15) is 39.5 Å². The van der Waals surface area contributed by atoms with Crippen molar-refractivity contribution in [3.63, 3.8) is 0 Å². The second-order valence-corrected chi connectivity index (χ2v) is 9.77. The molecule has 8 nitrogen and oxygen atoms in total. The lowest BCUT2D eigenvalue weighted by Gasteiger charge is -2.35. The maximum Gasteiger partial charge on any atom is 0.246 e. The van der Waals surface area contributed by atoms with Crippen molar-refractivity contribution >= 4 is 23.8 Å². The van der Waals surface area contributed by atoms with Crippen molar-refractivity contribution in [2.24, 2.45) is 5.92 Å². The molecule has 35 heavy (non-hydrogen) atoms. The molecule has 0 radical (unpaired) electrons. The summed E-state index contributed by atoms with van der Waals surface area (Å²) in [5.41, 5.74) is -0.495. The van der Waals surface area contributed by atoms with Crippen LogP contribution in [0.15, 0.2) is 30.3 Å². The van der Waals surface area contributed by atoms with E-state index < -0.39 is 29.6 Å². The fourth-order valence-corrected chi connectivity index (χ4v) is 4.19. The number of halogens is 1. The Morgan fingerprint density at radius 2 is 1.97 bits per heavy atom. The Morgan fingerprint density at radius 3 is 2.43 bits per heavy atom. The lowest BCUT2D eigenvalue weighted by molar-refractivity contribution is -0.146. The molecule has 2 saturated heterocycles. The minimum absolute atomic E-state index is 0.138. The van der Waals surface area contributed by atoms with Crippen LogP contribution in [0.5, 0.6) is 0 Å². The summed E-state index contributed by atoms with van der Waals surface area (Å²) in [4.78, 5) is 41.6. The number of benzene rings is 1. The summed E-state index contributed by atoms with van der Waals surface area (Å²) in [6, 6.07) is 10.4. The lowest BCUT2D eigenvalue weighted by atomic mass is 9.98. The molecule has 2 heterocycles. The van der Waals surface area contributed by atoms with Gasteiger partial charge in [0.2, 0.25) is 11.8 Å². The molecule has 0 aromatic heterocycles. The highest BCUT2D eigenvalue weighted by Crippen LogP contribution is 2.27. The standard InChI is InChI=1S/C19H29FN4O3.C7H9N/c1-19(2,20)10-16(22(3)17(26)5-8-23-6-4-7-23)18(27)24-12-14(13-25)9-15(24)11-21;1-8-7-5-3-2-4-6-7/h13-16H,4-10,12H2,1-3H3;2-6,8H,1H3. The Kier molecular flexibility index (Phi) is 10.6. The summed E-state index contributed by atoms with van der Waals surface area (Å²) in [6.07, 6.45) is 2.27. The van der Waals surface area contributed by atoms with E-state index in [1.54, 1.807) is 0 Å². The summed E-state index contributed by atoms with van der Waals surface area (Å²) in [5.74, 6) is -1.08. The van der Waals surface area contributed by atoms with Crippen LogP contribution in [0.4, 0.5) is 10.1 Å². The van der Waals surface area contributed by atoms with E-state index in [4.69, 9.17) is 0 Å². The molecule has 2 aliphatic heterocycles. The van der Waals surface area contributed by atoms with E-state index in [-0.39, 0.29) is 31.7 Å². The Morgan fingerprint density at radius 1 is 1.31 bits per heavy atom. The number of nitrogens with one attached hydrogen (secondary N) is 1. The Labute approximate surface area is 208 Å². The maximum atomic E-state index is 14.4. The Hall–Kier alpha value is -2.99. The second-order valence-electron chi connectivity index (χ2n) is 9.77. The van der Waals surface area contributed by atoms with Crippen molar-refractivity contribution < 1.29 is 18.8 Å². The number of alkyl halides is 1. The smallest absolute Gasteiger partial charge is 0.246 e. The van der Waals surface area contributed by atoms with Crippen LogP contribution < -0.4 is 5.32 Å². The average Bonchev–Trinajstić information content (AvgIpc) is 3.24. The number of carbonyl (C=O) groups excluding carboxylic acids is 3. The van der Waals surface area contributed by atoms with Crippen molar-refractivity contribution in [3.8, 4) is 6.07 Å². The first-order chi connectivity index (χ1) is 16.6. The molecular formula is C26H38FN5O3. The number of rotatable bonds is 9. The number of hydrogen-bond donors (Lipinski definition) is 1. The molecule has 2 aliphatic rings. The number of likely N-dealkylation sites (tertiary alicyclic amines) is 2. The molecule has 1 aromatic carbocycles. The number of amides is 2.